The molecule has 13 heavy (non-hydrogen) atoms. The summed E-state index contributed by atoms with van der Waals surface area (Å²) in [5.74, 6) is -0.260. The number of methoxy groups -OCH3 is 1. The van der Waals surface area contributed by atoms with Crippen molar-refractivity contribution < 1.29 is 14.3 Å². The van der Waals surface area contributed by atoms with E-state index in [2.05, 4.69) is 4.74 Å². The minimum atomic E-state index is -0.896. The fraction of sp³-hybridized carbons (Fsp3) is 0.800. The summed E-state index contributed by atoms with van der Waals surface area (Å²) in [4.78, 5) is 23.1. The van der Waals surface area contributed by atoms with E-state index in [9.17, 15) is 9.59 Å². The SMILES string of the molecule is COC(=O)[C@]1(C)C(=O)CCC[C@@H]1C. The maximum Gasteiger partial charge on any atom is 0.319 e. The molecule has 1 rings (SSSR count). The summed E-state index contributed by atoms with van der Waals surface area (Å²) in [6.45, 7) is 3.64. The van der Waals surface area contributed by atoms with Gasteiger partial charge in [-0.2, -0.15) is 0 Å². The summed E-state index contributed by atoms with van der Waals surface area (Å²) in [6.07, 6.45) is 2.33. The Morgan fingerprint density at radius 2 is 2.23 bits per heavy atom. The van der Waals surface area contributed by atoms with E-state index in [1.165, 1.54) is 7.11 Å². The van der Waals surface area contributed by atoms with Crippen molar-refractivity contribution in [2.75, 3.05) is 7.11 Å². The number of ether oxygens (including phenoxy) is 1. The molecular weight excluding hydrogens is 168 g/mol. The minimum absolute atomic E-state index is 0.0260. The highest BCUT2D eigenvalue weighted by atomic mass is 16.5. The van der Waals surface area contributed by atoms with Crippen molar-refractivity contribution >= 4 is 11.8 Å². The quantitative estimate of drug-likeness (QED) is 0.458. The number of rotatable bonds is 1. The Morgan fingerprint density at radius 1 is 1.62 bits per heavy atom. The highest BCUT2D eigenvalue weighted by Gasteiger charge is 2.48. The van der Waals surface area contributed by atoms with Gasteiger partial charge in [0.15, 0.2) is 0 Å². The first-order valence-electron chi connectivity index (χ1n) is 4.65. The summed E-state index contributed by atoms with van der Waals surface area (Å²) < 4.78 is 4.67. The Kier molecular flexibility index (Phi) is 2.74. The average Bonchev–Trinajstić information content (AvgIpc) is 2.12. The molecule has 0 aromatic rings. The highest BCUT2D eigenvalue weighted by molar-refractivity contribution is 6.04. The molecular formula is C10H16O3. The molecule has 1 saturated carbocycles. The number of Topliss-reactive ketones (excluding diaryl/α,β-unsaturated/α-hetero) is 1. The number of ketones is 1. The monoisotopic (exact) mass is 184 g/mol. The van der Waals surface area contributed by atoms with Crippen molar-refractivity contribution in [3.63, 3.8) is 0 Å². The molecule has 0 aromatic carbocycles. The van der Waals surface area contributed by atoms with Crippen molar-refractivity contribution in [2.45, 2.75) is 33.1 Å². The number of hydrogen-bond acceptors (Lipinski definition) is 3. The van der Waals surface area contributed by atoms with Crippen LogP contribution in [0, 0.1) is 11.3 Å². The second-order valence-corrected chi connectivity index (χ2v) is 3.91. The minimum Gasteiger partial charge on any atom is -0.468 e. The Bertz CT molecular complexity index is 224. The van der Waals surface area contributed by atoms with E-state index in [-0.39, 0.29) is 17.7 Å². The third-order valence-corrected chi connectivity index (χ3v) is 3.22. The molecule has 1 aliphatic rings. The van der Waals surface area contributed by atoms with Crippen LogP contribution in [0.1, 0.15) is 33.1 Å². The van der Waals surface area contributed by atoms with E-state index >= 15 is 0 Å². The van der Waals surface area contributed by atoms with Gasteiger partial charge in [-0.25, -0.2) is 0 Å². The molecule has 0 heterocycles. The van der Waals surface area contributed by atoms with Gasteiger partial charge in [0.25, 0.3) is 0 Å². The fourth-order valence-corrected chi connectivity index (χ4v) is 1.92. The molecule has 0 aliphatic heterocycles. The summed E-state index contributed by atoms with van der Waals surface area (Å²) >= 11 is 0. The van der Waals surface area contributed by atoms with Gasteiger partial charge in [-0.15, -0.1) is 0 Å². The maximum absolute atomic E-state index is 11.6. The molecule has 1 aliphatic carbocycles. The molecule has 1 fully saturated rings. The molecule has 3 heteroatoms. The lowest BCUT2D eigenvalue weighted by Gasteiger charge is -2.35. The van der Waals surface area contributed by atoms with Crippen LogP contribution >= 0.6 is 0 Å². The van der Waals surface area contributed by atoms with Crippen molar-refractivity contribution in [1.82, 2.24) is 0 Å². The Hall–Kier alpha value is -0.860. The van der Waals surface area contributed by atoms with Gasteiger partial charge in [-0.1, -0.05) is 6.92 Å². The third-order valence-electron chi connectivity index (χ3n) is 3.22. The largest absolute Gasteiger partial charge is 0.468 e. The first-order valence-corrected chi connectivity index (χ1v) is 4.65. The van der Waals surface area contributed by atoms with E-state index in [1.54, 1.807) is 6.92 Å². The standard InChI is InChI=1S/C10H16O3/c1-7-5-4-6-8(11)10(7,2)9(12)13-3/h7H,4-6H2,1-3H3/t7-,10-/m0/s1. The number of hydrogen-bond donors (Lipinski definition) is 0. The smallest absolute Gasteiger partial charge is 0.319 e. The Balaban J connectivity index is 2.94. The lowest BCUT2D eigenvalue weighted by molar-refractivity contribution is -0.162. The lowest BCUT2D eigenvalue weighted by Crippen LogP contribution is -2.45. The van der Waals surface area contributed by atoms with Gasteiger partial charge in [0.2, 0.25) is 0 Å². The summed E-state index contributed by atoms with van der Waals surface area (Å²) in [7, 11) is 1.34. The van der Waals surface area contributed by atoms with Crippen LogP contribution in [0.15, 0.2) is 0 Å². The van der Waals surface area contributed by atoms with E-state index in [0.29, 0.717) is 6.42 Å². The maximum atomic E-state index is 11.6. The van der Waals surface area contributed by atoms with Crippen LogP contribution in [0.5, 0.6) is 0 Å². The predicted molar refractivity (Wildman–Crippen MR) is 48.1 cm³/mol. The topological polar surface area (TPSA) is 43.4 Å². The van der Waals surface area contributed by atoms with Crippen LogP contribution in [0.25, 0.3) is 0 Å². The molecule has 0 spiro atoms. The van der Waals surface area contributed by atoms with Gasteiger partial charge >= 0.3 is 5.97 Å². The van der Waals surface area contributed by atoms with Crippen LogP contribution in [0.4, 0.5) is 0 Å². The molecule has 0 N–H and O–H groups in total. The summed E-state index contributed by atoms with van der Waals surface area (Å²) in [5, 5.41) is 0. The molecule has 0 saturated heterocycles. The van der Waals surface area contributed by atoms with Crippen LogP contribution in [0.2, 0.25) is 0 Å². The molecule has 74 valence electrons. The zero-order valence-electron chi connectivity index (χ0n) is 8.42. The van der Waals surface area contributed by atoms with E-state index in [4.69, 9.17) is 0 Å². The van der Waals surface area contributed by atoms with E-state index in [0.717, 1.165) is 12.8 Å². The van der Waals surface area contributed by atoms with E-state index < -0.39 is 5.41 Å². The molecule has 0 bridgehead atoms. The molecule has 0 radical (unpaired) electrons. The molecule has 2 atom stereocenters. The van der Waals surface area contributed by atoms with Crippen molar-refractivity contribution in [1.29, 1.82) is 0 Å². The van der Waals surface area contributed by atoms with Crippen LogP contribution in [-0.2, 0) is 14.3 Å². The first-order chi connectivity index (χ1) is 6.03. The van der Waals surface area contributed by atoms with Gasteiger partial charge in [-0.05, 0) is 25.7 Å². The normalized spacial score (nSPS) is 34.4. The van der Waals surface area contributed by atoms with Crippen molar-refractivity contribution in [3.05, 3.63) is 0 Å². The summed E-state index contributed by atoms with van der Waals surface area (Å²) in [5.41, 5.74) is -0.896. The first kappa shape index (κ1) is 10.2. The zero-order valence-corrected chi connectivity index (χ0v) is 8.42. The molecule has 3 nitrogen and oxygen atoms in total. The van der Waals surface area contributed by atoms with Crippen molar-refractivity contribution in [2.24, 2.45) is 11.3 Å². The van der Waals surface area contributed by atoms with Crippen LogP contribution in [-0.4, -0.2) is 18.9 Å². The Morgan fingerprint density at radius 3 is 2.69 bits per heavy atom. The summed E-state index contributed by atoms with van der Waals surface area (Å²) in [6, 6.07) is 0. The zero-order chi connectivity index (χ0) is 10.1. The van der Waals surface area contributed by atoms with Gasteiger partial charge in [-0.3, -0.25) is 9.59 Å². The third kappa shape index (κ3) is 1.47. The number of carbonyl (C=O) groups excluding carboxylic acids is 2. The van der Waals surface area contributed by atoms with Crippen molar-refractivity contribution in [3.8, 4) is 0 Å². The fourth-order valence-electron chi connectivity index (χ4n) is 1.92. The predicted octanol–water partition coefficient (Wildman–Crippen LogP) is 1.55. The molecule has 0 aromatic heterocycles. The van der Waals surface area contributed by atoms with E-state index in [1.807, 2.05) is 6.92 Å². The Labute approximate surface area is 78.5 Å². The second kappa shape index (κ2) is 3.48. The van der Waals surface area contributed by atoms with Gasteiger partial charge in [0, 0.05) is 6.42 Å². The lowest BCUT2D eigenvalue weighted by atomic mass is 9.67. The highest BCUT2D eigenvalue weighted by Crippen LogP contribution is 2.38. The van der Waals surface area contributed by atoms with Gasteiger partial charge < -0.3 is 4.74 Å². The van der Waals surface area contributed by atoms with Gasteiger partial charge in [0.1, 0.15) is 11.2 Å². The number of carbonyl (C=O) groups is 2. The average molecular weight is 184 g/mol. The van der Waals surface area contributed by atoms with Gasteiger partial charge in [0.05, 0.1) is 7.11 Å². The number of esters is 1. The second-order valence-electron chi connectivity index (χ2n) is 3.91. The van der Waals surface area contributed by atoms with Crippen LogP contribution in [0.3, 0.4) is 0 Å². The molecule has 0 unspecified atom stereocenters. The molecule has 0 amide bonds. The van der Waals surface area contributed by atoms with Crippen LogP contribution < -0.4 is 0 Å².